The minimum atomic E-state index is 0. The molecular weight excluding hydrogens is 446 g/mol. The zero-order valence-corrected chi connectivity index (χ0v) is 19.3. The zero-order valence-electron chi connectivity index (χ0n) is 17.6. The summed E-state index contributed by atoms with van der Waals surface area (Å²) in [6, 6.07) is 13.6. The number of nitrogen functional groups attached to an aromatic ring is 1. The van der Waals surface area contributed by atoms with Crippen molar-refractivity contribution in [3.05, 3.63) is 69.9 Å². The van der Waals surface area contributed by atoms with Gasteiger partial charge in [-0.25, -0.2) is 0 Å². The molecule has 0 bridgehead atoms. The first-order valence-corrected chi connectivity index (χ1v) is 11.2. The lowest BCUT2D eigenvalue weighted by Crippen LogP contribution is -2.16. The molecule has 0 aliphatic carbocycles. The maximum atomic E-state index is 8.02. The fraction of sp³-hybridized carbons (Fsp3) is 0.261. The summed E-state index contributed by atoms with van der Waals surface area (Å²) in [5.41, 5.74) is 10.5. The minimum absolute atomic E-state index is 0. The molecule has 170 valence electrons. The predicted octanol–water partition coefficient (Wildman–Crippen LogP) is 3.84. The van der Waals surface area contributed by atoms with Crippen LogP contribution in [0.25, 0.3) is 0 Å². The fourth-order valence-electron chi connectivity index (χ4n) is 3.35. The number of anilines is 2. The van der Waals surface area contributed by atoms with E-state index in [9.17, 15) is 0 Å². The summed E-state index contributed by atoms with van der Waals surface area (Å²) < 4.78 is 11.1. The molecule has 7 nitrogen and oxygen atoms in total. The van der Waals surface area contributed by atoms with Gasteiger partial charge >= 0.3 is 0 Å². The molecule has 0 spiro atoms. The number of fused-ring (bicyclic) bond motifs is 2. The predicted molar refractivity (Wildman–Crippen MR) is 134 cm³/mol. The number of thiophene rings is 1. The first kappa shape index (κ1) is 23.9. The SMILES string of the molecule is Cl.N=C(Nc1ccc2c(c1)CNCCO2)c1ccsc1.Nc1ccc2c(c1)CNCCO2. The van der Waals surface area contributed by atoms with Crippen molar-refractivity contribution in [3.8, 4) is 11.5 Å². The van der Waals surface area contributed by atoms with Crippen molar-refractivity contribution in [1.82, 2.24) is 10.6 Å². The van der Waals surface area contributed by atoms with Gasteiger partial charge in [-0.1, -0.05) is 0 Å². The number of nitrogens with one attached hydrogen (secondary N) is 4. The van der Waals surface area contributed by atoms with Gasteiger partial charge in [0.25, 0.3) is 0 Å². The van der Waals surface area contributed by atoms with Gasteiger partial charge in [-0.3, -0.25) is 5.41 Å². The first-order chi connectivity index (χ1) is 15.2. The Kier molecular flexibility index (Phi) is 8.75. The van der Waals surface area contributed by atoms with E-state index in [-0.39, 0.29) is 12.4 Å². The number of amidine groups is 1. The van der Waals surface area contributed by atoms with Gasteiger partial charge in [-0.15, -0.1) is 12.4 Å². The minimum Gasteiger partial charge on any atom is -0.492 e. The summed E-state index contributed by atoms with van der Waals surface area (Å²) in [5.74, 6) is 2.30. The third-order valence-corrected chi connectivity index (χ3v) is 5.61. The molecule has 0 saturated carbocycles. The van der Waals surface area contributed by atoms with Gasteiger partial charge in [0.05, 0.1) is 0 Å². The van der Waals surface area contributed by atoms with Gasteiger partial charge in [0, 0.05) is 59.6 Å². The summed E-state index contributed by atoms with van der Waals surface area (Å²) in [7, 11) is 0. The van der Waals surface area contributed by atoms with Crippen LogP contribution in [0, 0.1) is 5.41 Å². The molecule has 3 heterocycles. The highest BCUT2D eigenvalue weighted by Crippen LogP contribution is 2.25. The molecule has 6 N–H and O–H groups in total. The monoisotopic (exact) mass is 473 g/mol. The van der Waals surface area contributed by atoms with Crippen molar-refractivity contribution in [2.75, 3.05) is 37.4 Å². The molecule has 1 aromatic heterocycles. The van der Waals surface area contributed by atoms with Crippen molar-refractivity contribution >= 4 is 41.0 Å². The van der Waals surface area contributed by atoms with Crippen molar-refractivity contribution in [2.24, 2.45) is 0 Å². The third-order valence-electron chi connectivity index (χ3n) is 4.93. The maximum Gasteiger partial charge on any atom is 0.130 e. The zero-order chi connectivity index (χ0) is 21.5. The number of benzene rings is 2. The molecule has 0 fully saturated rings. The van der Waals surface area contributed by atoms with E-state index in [1.54, 1.807) is 11.3 Å². The lowest BCUT2D eigenvalue weighted by atomic mass is 10.1. The molecule has 3 aromatic rings. The molecule has 0 unspecified atom stereocenters. The summed E-state index contributed by atoms with van der Waals surface area (Å²) >= 11 is 1.59. The maximum absolute atomic E-state index is 8.02. The van der Waals surface area contributed by atoms with Gasteiger partial charge in [-0.05, 0) is 47.8 Å². The van der Waals surface area contributed by atoms with E-state index in [1.807, 2.05) is 53.2 Å². The van der Waals surface area contributed by atoms with Crippen LogP contribution >= 0.6 is 23.7 Å². The Morgan fingerprint density at radius 1 is 0.938 bits per heavy atom. The van der Waals surface area contributed by atoms with Gasteiger partial charge in [0.1, 0.15) is 30.5 Å². The molecule has 9 heteroatoms. The van der Waals surface area contributed by atoms with Crippen LogP contribution in [-0.2, 0) is 13.1 Å². The van der Waals surface area contributed by atoms with E-state index < -0.39 is 0 Å². The standard InChI is InChI=1S/C14H15N3OS.C9H12N2O.ClH/c15-14(10-3-6-19-9-10)17-12-1-2-13-11(7-12)8-16-4-5-18-13;10-8-1-2-9-7(5-8)6-11-3-4-12-9;/h1-3,6-7,9,16H,4-5,8H2,(H2,15,17);1-2,5,11H,3-4,6,10H2;1H. The van der Waals surface area contributed by atoms with Crippen LogP contribution in [0.1, 0.15) is 16.7 Å². The molecule has 5 rings (SSSR count). The van der Waals surface area contributed by atoms with Gasteiger partial charge in [0.15, 0.2) is 0 Å². The normalized spacial score (nSPS) is 14.4. The number of nitrogens with two attached hydrogens (primary N) is 1. The average molecular weight is 474 g/mol. The van der Waals surface area contributed by atoms with Crippen LogP contribution in [0.5, 0.6) is 11.5 Å². The van der Waals surface area contributed by atoms with Crippen LogP contribution in [0.2, 0.25) is 0 Å². The van der Waals surface area contributed by atoms with E-state index in [0.29, 0.717) is 12.4 Å². The largest absolute Gasteiger partial charge is 0.492 e. The number of rotatable bonds is 2. The van der Waals surface area contributed by atoms with Crippen molar-refractivity contribution in [3.63, 3.8) is 0 Å². The lowest BCUT2D eigenvalue weighted by molar-refractivity contribution is 0.325. The van der Waals surface area contributed by atoms with Crippen LogP contribution in [0.15, 0.2) is 53.2 Å². The van der Waals surface area contributed by atoms with Crippen molar-refractivity contribution in [2.45, 2.75) is 13.1 Å². The first-order valence-electron chi connectivity index (χ1n) is 10.3. The quantitative estimate of drug-likeness (QED) is 0.220. The molecule has 0 atom stereocenters. The Labute approximate surface area is 198 Å². The van der Waals surface area contributed by atoms with Crippen LogP contribution in [0.3, 0.4) is 0 Å². The molecule has 32 heavy (non-hydrogen) atoms. The highest BCUT2D eigenvalue weighted by Gasteiger charge is 2.10. The molecule has 2 aliphatic rings. The van der Waals surface area contributed by atoms with Gasteiger partial charge in [-0.2, -0.15) is 11.3 Å². The Balaban J connectivity index is 0.000000193. The Bertz CT molecular complexity index is 1030. The Hall–Kier alpha value is -2.78. The van der Waals surface area contributed by atoms with E-state index in [2.05, 4.69) is 16.0 Å². The number of ether oxygens (including phenoxy) is 2. The fourth-order valence-corrected chi connectivity index (χ4v) is 4.00. The smallest absolute Gasteiger partial charge is 0.130 e. The highest BCUT2D eigenvalue weighted by atomic mass is 35.5. The summed E-state index contributed by atoms with van der Waals surface area (Å²) in [4.78, 5) is 0. The number of hydrogen-bond acceptors (Lipinski definition) is 7. The average Bonchev–Trinajstić information content (AvgIpc) is 3.08. The van der Waals surface area contributed by atoms with E-state index in [4.69, 9.17) is 20.6 Å². The molecule has 0 amide bonds. The second kappa shape index (κ2) is 11.7. The van der Waals surface area contributed by atoms with Crippen molar-refractivity contribution < 1.29 is 9.47 Å². The topological polar surface area (TPSA) is 104 Å². The van der Waals surface area contributed by atoms with Gasteiger partial charge < -0.3 is 31.2 Å². The summed E-state index contributed by atoms with van der Waals surface area (Å²) in [6.45, 7) is 4.84. The Morgan fingerprint density at radius 3 is 2.25 bits per heavy atom. The van der Waals surface area contributed by atoms with E-state index in [1.165, 1.54) is 0 Å². The van der Waals surface area contributed by atoms with Gasteiger partial charge in [0.2, 0.25) is 0 Å². The molecule has 0 radical (unpaired) electrons. The molecule has 0 saturated heterocycles. The Morgan fingerprint density at radius 2 is 1.59 bits per heavy atom. The molecule has 2 aliphatic heterocycles. The van der Waals surface area contributed by atoms with E-state index >= 15 is 0 Å². The second-order valence-electron chi connectivity index (χ2n) is 7.25. The number of halogens is 1. The molecule has 2 aromatic carbocycles. The van der Waals surface area contributed by atoms with Crippen LogP contribution < -0.4 is 31.2 Å². The number of hydrogen-bond donors (Lipinski definition) is 5. The van der Waals surface area contributed by atoms with Crippen LogP contribution in [0.4, 0.5) is 11.4 Å². The second-order valence-corrected chi connectivity index (χ2v) is 8.03. The van der Waals surface area contributed by atoms with Crippen LogP contribution in [-0.4, -0.2) is 32.1 Å². The lowest BCUT2D eigenvalue weighted by Gasteiger charge is -2.11. The third kappa shape index (κ3) is 6.37. The summed E-state index contributed by atoms with van der Waals surface area (Å²) in [6.07, 6.45) is 0. The molecular formula is C23H28ClN5O2S. The van der Waals surface area contributed by atoms with Crippen molar-refractivity contribution in [1.29, 1.82) is 5.41 Å². The van der Waals surface area contributed by atoms with E-state index in [0.717, 1.165) is 72.4 Å². The summed E-state index contributed by atoms with van der Waals surface area (Å²) in [5, 5.41) is 21.6. The highest BCUT2D eigenvalue weighted by molar-refractivity contribution is 7.08.